The molecule has 1 atom stereocenters. The number of benzene rings is 3. The second kappa shape index (κ2) is 12.9. The van der Waals surface area contributed by atoms with Crippen LogP contribution in [0, 0.1) is 0 Å². The Kier molecular flexibility index (Phi) is 9.02. The van der Waals surface area contributed by atoms with Crippen molar-refractivity contribution >= 4 is 32.7 Å². The molecule has 2 heterocycles. The number of ether oxygens (including phenoxy) is 1. The van der Waals surface area contributed by atoms with Gasteiger partial charge >= 0.3 is 4.87 Å². The molecule has 13 heteroatoms. The van der Waals surface area contributed by atoms with Crippen LogP contribution in [0.3, 0.4) is 0 Å². The molecule has 0 spiro atoms. The van der Waals surface area contributed by atoms with E-state index in [0.717, 1.165) is 48.5 Å². The van der Waals surface area contributed by atoms with Gasteiger partial charge in [0.1, 0.15) is 11.5 Å². The van der Waals surface area contributed by atoms with Crippen molar-refractivity contribution in [3.8, 4) is 17.4 Å². The summed E-state index contributed by atoms with van der Waals surface area (Å²) in [4.78, 5) is 16.5. The number of rotatable bonds is 11. The van der Waals surface area contributed by atoms with Gasteiger partial charge in [0.15, 0.2) is 0 Å². The van der Waals surface area contributed by atoms with E-state index in [-0.39, 0.29) is 45.4 Å². The first kappa shape index (κ1) is 29.5. The second-order valence-corrected chi connectivity index (χ2v) is 12.7. The summed E-state index contributed by atoms with van der Waals surface area (Å²) in [6.07, 6.45) is 1.03. The third-order valence-corrected chi connectivity index (χ3v) is 9.23. The van der Waals surface area contributed by atoms with E-state index in [0.29, 0.717) is 11.3 Å². The van der Waals surface area contributed by atoms with Crippen LogP contribution in [0.25, 0.3) is 0 Å². The topological polar surface area (TPSA) is 164 Å². The molecule has 0 bridgehead atoms. The highest BCUT2D eigenvalue weighted by Gasteiger charge is 2.21. The molecule has 0 aliphatic carbocycles. The van der Waals surface area contributed by atoms with Crippen LogP contribution in [-0.4, -0.2) is 60.7 Å². The van der Waals surface area contributed by atoms with Crippen LogP contribution in [0.5, 0.6) is 17.4 Å². The van der Waals surface area contributed by atoms with E-state index in [2.05, 4.69) is 19.9 Å². The highest BCUT2D eigenvalue weighted by molar-refractivity contribution is 7.92. The fourth-order valence-electron chi connectivity index (χ4n) is 4.76. The molecule has 0 unspecified atom stereocenters. The van der Waals surface area contributed by atoms with Crippen molar-refractivity contribution in [1.82, 2.24) is 10.3 Å². The van der Waals surface area contributed by atoms with E-state index < -0.39 is 16.3 Å². The summed E-state index contributed by atoms with van der Waals surface area (Å²) in [5, 5.41) is 33.7. The number of anilines is 2. The molecular weight excluding hydrogens is 580 g/mol. The van der Waals surface area contributed by atoms with Gasteiger partial charge in [0.05, 0.1) is 22.0 Å². The molecular formula is C29H32N4O7S2. The lowest BCUT2D eigenvalue weighted by Crippen LogP contribution is -2.45. The number of aromatic nitrogens is 1. The van der Waals surface area contributed by atoms with Gasteiger partial charge in [-0.25, -0.2) is 8.42 Å². The molecule has 6 N–H and O–H groups in total. The standard InChI is InChI=1S/C29H32N4O7S2/c34-25-11-10-22(17-24(25)32-42(38,39)23-4-2-1-3-5-23)40-27(35)18-30-20-12-14-33(15-13-20)21-8-6-19(7-9-21)16-26-28(36)31-29(37)41-26/h1-11,17,20,27,30,32,34-36H,12-16,18H2,(H,31,37)/t27-/m1/s1. The summed E-state index contributed by atoms with van der Waals surface area (Å²) in [7, 11) is -3.91. The van der Waals surface area contributed by atoms with Gasteiger partial charge in [-0.15, -0.1) is 0 Å². The van der Waals surface area contributed by atoms with E-state index in [1.165, 1.54) is 30.3 Å². The van der Waals surface area contributed by atoms with Crippen LogP contribution in [0.4, 0.5) is 11.4 Å². The third kappa shape index (κ3) is 7.42. The second-order valence-electron chi connectivity index (χ2n) is 9.97. The number of sulfonamides is 1. The number of piperidine rings is 1. The van der Waals surface area contributed by atoms with Gasteiger partial charge < -0.3 is 30.3 Å². The minimum absolute atomic E-state index is 0.0528. The number of thiazole rings is 1. The normalized spacial score (nSPS) is 14.9. The molecule has 3 aromatic carbocycles. The monoisotopic (exact) mass is 612 g/mol. The number of phenols is 1. The molecule has 5 rings (SSSR count). The van der Waals surface area contributed by atoms with Crippen molar-refractivity contribution < 1.29 is 28.5 Å². The van der Waals surface area contributed by atoms with Crippen molar-refractivity contribution in [3.63, 3.8) is 0 Å². The SMILES string of the molecule is O=c1[nH]c(O)c(Cc2ccc(N3CCC(NC[C@H](O)Oc4ccc(O)c(NS(=O)(=O)c5ccccc5)c4)CC3)cc2)s1. The maximum absolute atomic E-state index is 12.6. The number of aromatic hydroxyl groups is 2. The molecule has 1 aliphatic rings. The highest BCUT2D eigenvalue weighted by atomic mass is 32.2. The van der Waals surface area contributed by atoms with Gasteiger partial charge in [-0.05, 0) is 54.8 Å². The zero-order valence-corrected chi connectivity index (χ0v) is 24.2. The number of aliphatic hydroxyl groups excluding tert-OH is 1. The van der Waals surface area contributed by atoms with E-state index in [1.54, 1.807) is 18.2 Å². The van der Waals surface area contributed by atoms with Crippen LogP contribution >= 0.6 is 11.3 Å². The molecule has 1 fully saturated rings. The number of hydrogen-bond acceptors (Lipinski definition) is 10. The zero-order chi connectivity index (χ0) is 29.7. The molecule has 0 radical (unpaired) electrons. The van der Waals surface area contributed by atoms with Crippen LogP contribution < -0.4 is 24.5 Å². The van der Waals surface area contributed by atoms with Gasteiger partial charge in [0, 0.05) is 37.3 Å². The Morgan fingerprint density at radius 1 is 1.02 bits per heavy atom. The molecule has 222 valence electrons. The maximum Gasteiger partial charge on any atom is 0.307 e. The van der Waals surface area contributed by atoms with Crippen molar-refractivity contribution in [2.24, 2.45) is 0 Å². The summed E-state index contributed by atoms with van der Waals surface area (Å²) < 4.78 is 33.2. The van der Waals surface area contributed by atoms with Gasteiger partial charge in [-0.3, -0.25) is 14.5 Å². The average Bonchev–Trinajstić information content (AvgIpc) is 3.30. The Bertz CT molecular complexity index is 1650. The fourth-order valence-corrected chi connectivity index (χ4v) is 6.61. The predicted molar refractivity (Wildman–Crippen MR) is 161 cm³/mol. The summed E-state index contributed by atoms with van der Waals surface area (Å²) in [5.74, 6) is -0.139. The Morgan fingerprint density at radius 3 is 2.40 bits per heavy atom. The molecule has 1 saturated heterocycles. The molecule has 11 nitrogen and oxygen atoms in total. The lowest BCUT2D eigenvalue weighted by Gasteiger charge is -2.34. The Labute approximate surface area is 247 Å². The van der Waals surface area contributed by atoms with Crippen LogP contribution in [0.15, 0.2) is 82.5 Å². The van der Waals surface area contributed by atoms with E-state index >= 15 is 0 Å². The van der Waals surface area contributed by atoms with Crippen LogP contribution in [-0.2, 0) is 16.4 Å². The number of aromatic amines is 1. The largest absolute Gasteiger partial charge is 0.506 e. The van der Waals surface area contributed by atoms with E-state index in [4.69, 9.17) is 4.74 Å². The first-order valence-electron chi connectivity index (χ1n) is 13.4. The predicted octanol–water partition coefficient (Wildman–Crippen LogP) is 3.20. The smallest absolute Gasteiger partial charge is 0.307 e. The third-order valence-electron chi connectivity index (χ3n) is 6.98. The number of nitrogens with one attached hydrogen (secondary N) is 3. The fraction of sp³-hybridized carbons (Fsp3) is 0.276. The van der Waals surface area contributed by atoms with Crippen LogP contribution in [0.2, 0.25) is 0 Å². The maximum atomic E-state index is 12.6. The van der Waals surface area contributed by atoms with Crippen molar-refractivity contribution in [1.29, 1.82) is 0 Å². The van der Waals surface area contributed by atoms with Gasteiger partial charge in [0.2, 0.25) is 12.2 Å². The van der Waals surface area contributed by atoms with E-state index in [1.807, 2.05) is 24.3 Å². The van der Waals surface area contributed by atoms with Crippen LogP contribution in [0.1, 0.15) is 23.3 Å². The minimum atomic E-state index is -3.91. The Morgan fingerprint density at radius 2 is 1.74 bits per heavy atom. The molecule has 1 aromatic heterocycles. The van der Waals surface area contributed by atoms with Crippen molar-refractivity contribution in [2.75, 3.05) is 29.3 Å². The molecule has 4 aromatic rings. The van der Waals surface area contributed by atoms with Gasteiger partial charge in [-0.1, -0.05) is 41.7 Å². The average molecular weight is 613 g/mol. The summed E-state index contributed by atoms with van der Waals surface area (Å²) >= 11 is 1.01. The summed E-state index contributed by atoms with van der Waals surface area (Å²) in [5.41, 5.74) is 2.04. The number of nitrogens with zero attached hydrogens (tertiary/aromatic N) is 1. The van der Waals surface area contributed by atoms with Crippen molar-refractivity contribution in [2.45, 2.75) is 36.5 Å². The summed E-state index contributed by atoms with van der Waals surface area (Å²) in [6.45, 7) is 1.83. The highest BCUT2D eigenvalue weighted by Crippen LogP contribution is 2.30. The number of phenolic OH excluding ortho intramolecular Hbond substituents is 1. The molecule has 42 heavy (non-hydrogen) atoms. The quantitative estimate of drug-likeness (QED) is 0.110. The van der Waals surface area contributed by atoms with Gasteiger partial charge in [0.25, 0.3) is 10.0 Å². The molecule has 0 amide bonds. The Balaban J connectivity index is 1.08. The summed E-state index contributed by atoms with van der Waals surface area (Å²) in [6, 6.07) is 20.1. The molecule has 1 aliphatic heterocycles. The minimum Gasteiger partial charge on any atom is -0.506 e. The zero-order valence-electron chi connectivity index (χ0n) is 22.6. The Hall–Kier alpha value is -4.04. The first-order valence-corrected chi connectivity index (χ1v) is 15.7. The van der Waals surface area contributed by atoms with E-state index in [9.17, 15) is 28.5 Å². The lowest BCUT2D eigenvalue weighted by atomic mass is 10.0. The molecule has 0 saturated carbocycles. The number of hydrogen-bond donors (Lipinski definition) is 6. The van der Waals surface area contributed by atoms with Crippen molar-refractivity contribution in [3.05, 3.63) is 92.9 Å². The number of H-pyrrole nitrogens is 1. The van der Waals surface area contributed by atoms with Gasteiger partial charge in [-0.2, -0.15) is 0 Å². The lowest BCUT2D eigenvalue weighted by molar-refractivity contribution is -0.0174. The number of aliphatic hydroxyl groups is 1. The first-order chi connectivity index (χ1) is 20.2.